The molecule has 0 radical (unpaired) electrons. The highest BCUT2D eigenvalue weighted by Gasteiger charge is 2.30. The summed E-state index contributed by atoms with van der Waals surface area (Å²) in [6, 6.07) is -4.73. The number of amides is 4. The van der Waals surface area contributed by atoms with Crippen LogP contribution < -0.4 is 27.4 Å². The van der Waals surface area contributed by atoms with E-state index in [0.29, 0.717) is 0 Å². The molecular formula is C16H29N5O6S2. The molecule has 0 aromatic heterocycles. The zero-order valence-electron chi connectivity index (χ0n) is 16.3. The number of hydrogen-bond acceptors (Lipinski definition) is 8. The predicted octanol–water partition coefficient (Wildman–Crippen LogP) is -2.37. The molecule has 0 aliphatic carbocycles. The molecule has 0 saturated carbocycles. The summed E-state index contributed by atoms with van der Waals surface area (Å²) >= 11 is 7.88. The Hall–Kier alpha value is -1.99. The van der Waals surface area contributed by atoms with Crippen molar-refractivity contribution in [2.75, 3.05) is 11.5 Å². The third-order valence-corrected chi connectivity index (χ3v) is 4.47. The fourth-order valence-corrected chi connectivity index (χ4v) is 2.63. The first kappa shape index (κ1) is 27.0. The number of rotatable bonds is 13. The van der Waals surface area contributed by atoms with Crippen LogP contribution in [0.5, 0.6) is 0 Å². The Morgan fingerprint density at radius 1 is 0.862 bits per heavy atom. The van der Waals surface area contributed by atoms with Gasteiger partial charge in [0.2, 0.25) is 23.6 Å². The normalized spacial score (nSPS) is 15.0. The fourth-order valence-electron chi connectivity index (χ4n) is 2.20. The molecule has 29 heavy (non-hydrogen) atoms. The van der Waals surface area contributed by atoms with Crippen LogP contribution in [-0.4, -0.2) is 70.4 Å². The van der Waals surface area contributed by atoms with E-state index in [1.807, 2.05) is 0 Å². The molecule has 13 heteroatoms. The minimum absolute atomic E-state index is 0.0274. The van der Waals surface area contributed by atoms with Crippen LogP contribution in [0, 0.1) is 5.92 Å². The summed E-state index contributed by atoms with van der Waals surface area (Å²) in [5, 5.41) is 16.2. The summed E-state index contributed by atoms with van der Waals surface area (Å²) in [6.07, 6.45) is -0.412. The zero-order valence-corrected chi connectivity index (χ0v) is 18.0. The van der Waals surface area contributed by atoms with Crippen LogP contribution in [0.15, 0.2) is 0 Å². The fraction of sp³-hybridized carbons (Fsp3) is 0.688. The molecule has 4 atom stereocenters. The van der Waals surface area contributed by atoms with Gasteiger partial charge in [-0.3, -0.25) is 19.2 Å². The van der Waals surface area contributed by atoms with Crippen LogP contribution in [-0.2, 0) is 24.0 Å². The maximum atomic E-state index is 12.5. The summed E-state index contributed by atoms with van der Waals surface area (Å²) in [5.74, 6) is -4.58. The number of nitrogens with two attached hydrogens (primary N) is 2. The van der Waals surface area contributed by atoms with Crippen molar-refractivity contribution in [2.45, 2.75) is 50.9 Å². The van der Waals surface area contributed by atoms with E-state index >= 15 is 0 Å². The Bertz CT molecular complexity index is 619. The molecule has 4 unspecified atom stereocenters. The van der Waals surface area contributed by atoms with Crippen LogP contribution in [0.1, 0.15) is 26.7 Å². The van der Waals surface area contributed by atoms with Crippen molar-refractivity contribution in [3.05, 3.63) is 0 Å². The van der Waals surface area contributed by atoms with Crippen molar-refractivity contribution in [3.8, 4) is 0 Å². The number of nitrogens with one attached hydrogen (secondary N) is 3. The van der Waals surface area contributed by atoms with Crippen LogP contribution in [0.2, 0.25) is 0 Å². The second-order valence-electron chi connectivity index (χ2n) is 6.79. The van der Waals surface area contributed by atoms with Crippen molar-refractivity contribution >= 4 is 54.9 Å². The predicted molar refractivity (Wildman–Crippen MR) is 112 cm³/mol. The van der Waals surface area contributed by atoms with E-state index in [0.717, 1.165) is 0 Å². The molecule has 8 N–H and O–H groups in total. The Balaban J connectivity index is 5.27. The van der Waals surface area contributed by atoms with E-state index in [2.05, 4.69) is 41.2 Å². The topological polar surface area (TPSA) is 194 Å². The molecule has 0 spiro atoms. The van der Waals surface area contributed by atoms with E-state index in [1.54, 1.807) is 13.8 Å². The molecule has 0 fully saturated rings. The van der Waals surface area contributed by atoms with Crippen molar-refractivity contribution in [3.63, 3.8) is 0 Å². The van der Waals surface area contributed by atoms with Gasteiger partial charge in [-0.15, -0.1) is 0 Å². The molecule has 0 bridgehead atoms. The summed E-state index contributed by atoms with van der Waals surface area (Å²) in [7, 11) is 0. The van der Waals surface area contributed by atoms with E-state index in [4.69, 9.17) is 11.5 Å². The molecule has 0 aliphatic heterocycles. The summed E-state index contributed by atoms with van der Waals surface area (Å²) in [6.45, 7) is 3.56. The lowest BCUT2D eigenvalue weighted by atomic mass is 10.0. The van der Waals surface area contributed by atoms with E-state index in [-0.39, 0.29) is 23.8 Å². The number of carbonyl (C=O) groups is 5. The summed E-state index contributed by atoms with van der Waals surface area (Å²) < 4.78 is 0. The highest BCUT2D eigenvalue weighted by molar-refractivity contribution is 7.80. The Kier molecular flexibility index (Phi) is 12.4. The zero-order chi connectivity index (χ0) is 22.7. The van der Waals surface area contributed by atoms with Gasteiger partial charge in [-0.2, -0.15) is 25.3 Å². The van der Waals surface area contributed by atoms with Gasteiger partial charge in [-0.1, -0.05) is 13.8 Å². The average Bonchev–Trinajstić information content (AvgIpc) is 2.62. The number of carboxylic acid groups (broad SMARTS) is 1. The Labute approximate surface area is 179 Å². The molecule has 0 aliphatic rings. The smallest absolute Gasteiger partial charge is 0.326 e. The minimum Gasteiger partial charge on any atom is -0.480 e. The van der Waals surface area contributed by atoms with Crippen LogP contribution in [0.3, 0.4) is 0 Å². The SMILES string of the molecule is CC(C)CC(NC(=O)C(CC(N)=O)NC(=O)C(CS)NC(=O)C(N)CS)C(=O)O. The van der Waals surface area contributed by atoms with Gasteiger partial charge in [-0.25, -0.2) is 4.79 Å². The number of primary amides is 1. The number of hydrogen-bond donors (Lipinski definition) is 8. The molecule has 166 valence electrons. The molecule has 11 nitrogen and oxygen atoms in total. The lowest BCUT2D eigenvalue weighted by Crippen LogP contribution is -2.58. The number of carboxylic acids is 1. The maximum absolute atomic E-state index is 12.5. The molecule has 0 rings (SSSR count). The van der Waals surface area contributed by atoms with Gasteiger partial charge in [0.25, 0.3) is 0 Å². The van der Waals surface area contributed by atoms with E-state index in [9.17, 15) is 29.1 Å². The van der Waals surface area contributed by atoms with Gasteiger partial charge in [0.1, 0.15) is 18.1 Å². The third kappa shape index (κ3) is 10.4. The first-order valence-corrected chi connectivity index (χ1v) is 10.1. The number of carbonyl (C=O) groups excluding carboxylic acids is 4. The summed E-state index contributed by atoms with van der Waals surface area (Å²) in [4.78, 5) is 59.4. The van der Waals surface area contributed by atoms with Crippen molar-refractivity contribution in [1.82, 2.24) is 16.0 Å². The molecule has 0 aromatic carbocycles. The monoisotopic (exact) mass is 451 g/mol. The van der Waals surface area contributed by atoms with Crippen molar-refractivity contribution in [1.29, 1.82) is 0 Å². The maximum Gasteiger partial charge on any atom is 0.326 e. The van der Waals surface area contributed by atoms with Crippen LogP contribution in [0.4, 0.5) is 0 Å². The Morgan fingerprint density at radius 3 is 1.76 bits per heavy atom. The third-order valence-electron chi connectivity index (χ3n) is 3.71. The van der Waals surface area contributed by atoms with Gasteiger partial charge in [0.15, 0.2) is 0 Å². The van der Waals surface area contributed by atoms with E-state index < -0.39 is 60.2 Å². The first-order chi connectivity index (χ1) is 13.4. The van der Waals surface area contributed by atoms with Gasteiger partial charge < -0.3 is 32.5 Å². The number of thiol groups is 2. The Morgan fingerprint density at radius 2 is 1.34 bits per heavy atom. The largest absolute Gasteiger partial charge is 0.480 e. The minimum atomic E-state index is -1.42. The van der Waals surface area contributed by atoms with Gasteiger partial charge >= 0.3 is 5.97 Å². The van der Waals surface area contributed by atoms with Crippen LogP contribution in [0.25, 0.3) is 0 Å². The molecule has 4 amide bonds. The average molecular weight is 452 g/mol. The lowest BCUT2D eigenvalue weighted by Gasteiger charge is -2.24. The van der Waals surface area contributed by atoms with Gasteiger partial charge in [0, 0.05) is 11.5 Å². The molecular weight excluding hydrogens is 422 g/mol. The standard InChI is InChI=1S/C16H29N5O6S2/c1-7(2)3-10(16(26)27)20-14(24)9(4-12(18)22)19-15(25)11(6-29)21-13(23)8(17)5-28/h7-11,28-29H,3-6,17H2,1-2H3,(H2,18,22)(H,19,25)(H,20,24)(H,21,23)(H,26,27). The molecule has 0 heterocycles. The second kappa shape index (κ2) is 13.3. The first-order valence-electron chi connectivity index (χ1n) is 8.82. The van der Waals surface area contributed by atoms with Crippen molar-refractivity contribution < 1.29 is 29.1 Å². The van der Waals surface area contributed by atoms with Gasteiger partial charge in [0.05, 0.1) is 12.5 Å². The van der Waals surface area contributed by atoms with Crippen LogP contribution >= 0.6 is 25.3 Å². The number of aliphatic carboxylic acids is 1. The molecule has 0 saturated heterocycles. The highest BCUT2D eigenvalue weighted by atomic mass is 32.1. The van der Waals surface area contributed by atoms with Gasteiger partial charge in [-0.05, 0) is 12.3 Å². The van der Waals surface area contributed by atoms with E-state index in [1.165, 1.54) is 0 Å². The summed E-state index contributed by atoms with van der Waals surface area (Å²) in [5.41, 5.74) is 10.7. The lowest BCUT2D eigenvalue weighted by molar-refractivity contribution is -0.143. The quantitative estimate of drug-likeness (QED) is 0.143. The molecule has 0 aromatic rings. The van der Waals surface area contributed by atoms with Crippen molar-refractivity contribution in [2.24, 2.45) is 17.4 Å². The second-order valence-corrected chi connectivity index (χ2v) is 7.52. The highest BCUT2D eigenvalue weighted by Crippen LogP contribution is 2.06.